The number of nitrogens with zero attached hydrogens (tertiary/aromatic N) is 1. The standard InChI is InChI=1S/C65H55NSe/c1-63(2,3)48-30-38-57-58-39-31-49(64(4,5)6)43-62(58)65(61(57)42-48)59-40-45(23-22-44-24-32-52(33-25-44)66(50-16-10-7-11-17-50)51-18-12-8-13-19-51)26-36-55(59)56-37-29-47(41-60(56)65)46-27-34-54(35-28-46)67-53-20-14-9-15-21-53/h7-43H,1-6H3/b23-22+. The molecule has 2 heteroatoms. The molecular formula is C65H55NSe. The van der Waals surface area contributed by atoms with Gasteiger partial charge in [0.05, 0.1) is 0 Å². The third-order valence-corrected chi connectivity index (χ3v) is 16.0. The summed E-state index contributed by atoms with van der Waals surface area (Å²) in [6, 6.07) is 79.5. The molecule has 0 amide bonds. The molecule has 0 saturated heterocycles. The van der Waals surface area contributed by atoms with Gasteiger partial charge in [-0.2, -0.15) is 0 Å². The third kappa shape index (κ3) is 7.69. The van der Waals surface area contributed by atoms with Crippen LogP contribution in [0.25, 0.3) is 45.5 Å². The van der Waals surface area contributed by atoms with Crippen LogP contribution >= 0.6 is 0 Å². The van der Waals surface area contributed by atoms with Gasteiger partial charge in [0, 0.05) is 17.1 Å². The maximum absolute atomic E-state index is 2.55. The summed E-state index contributed by atoms with van der Waals surface area (Å²) in [6.45, 7) is 14.1. The zero-order valence-corrected chi connectivity index (χ0v) is 40.9. The van der Waals surface area contributed by atoms with E-state index in [1.807, 2.05) is 0 Å². The Balaban J connectivity index is 1.05. The average molecular weight is 929 g/mol. The number of benzene rings is 9. The van der Waals surface area contributed by atoms with Crippen LogP contribution in [0.1, 0.15) is 86.1 Å². The first-order chi connectivity index (χ1) is 32.4. The van der Waals surface area contributed by atoms with Crippen LogP contribution < -0.4 is 13.8 Å². The molecule has 0 heterocycles. The van der Waals surface area contributed by atoms with Crippen LogP contribution in [0.3, 0.4) is 0 Å². The summed E-state index contributed by atoms with van der Waals surface area (Å²) in [4.78, 5) is 2.31. The predicted molar refractivity (Wildman–Crippen MR) is 287 cm³/mol. The first-order valence-electron chi connectivity index (χ1n) is 23.6. The molecule has 0 N–H and O–H groups in total. The van der Waals surface area contributed by atoms with Gasteiger partial charge in [0.25, 0.3) is 0 Å². The Labute approximate surface area is 403 Å². The first kappa shape index (κ1) is 42.7. The summed E-state index contributed by atoms with van der Waals surface area (Å²) in [5, 5.41) is 0. The van der Waals surface area contributed by atoms with Crippen molar-refractivity contribution < 1.29 is 0 Å². The minimum atomic E-state index is -0.506. The molecule has 9 aromatic rings. The number of rotatable bonds is 8. The van der Waals surface area contributed by atoms with Crippen molar-refractivity contribution in [2.75, 3.05) is 4.90 Å². The Bertz CT molecular complexity index is 3190. The van der Waals surface area contributed by atoms with Gasteiger partial charge in [0.2, 0.25) is 0 Å². The van der Waals surface area contributed by atoms with Crippen LogP contribution in [0.5, 0.6) is 0 Å². The summed E-state index contributed by atoms with van der Waals surface area (Å²) in [7, 11) is 0. The molecule has 0 unspecified atom stereocenters. The van der Waals surface area contributed by atoms with Gasteiger partial charge in [0.15, 0.2) is 0 Å². The molecule has 326 valence electrons. The maximum atomic E-state index is 2.55. The van der Waals surface area contributed by atoms with Gasteiger partial charge < -0.3 is 4.90 Å². The quantitative estimate of drug-likeness (QED) is 0.108. The van der Waals surface area contributed by atoms with E-state index in [9.17, 15) is 0 Å². The van der Waals surface area contributed by atoms with Gasteiger partial charge in [0.1, 0.15) is 0 Å². The fraction of sp³-hybridized carbons (Fsp3) is 0.138. The van der Waals surface area contributed by atoms with Crippen LogP contribution in [0.2, 0.25) is 0 Å². The van der Waals surface area contributed by atoms with Crippen LogP contribution in [0, 0.1) is 0 Å². The zero-order chi connectivity index (χ0) is 45.9. The molecule has 67 heavy (non-hydrogen) atoms. The molecule has 11 rings (SSSR count). The van der Waals surface area contributed by atoms with Gasteiger partial charge in [-0.3, -0.25) is 0 Å². The molecule has 0 bridgehead atoms. The molecule has 0 saturated carbocycles. The first-order valence-corrected chi connectivity index (χ1v) is 25.3. The molecule has 2 aliphatic carbocycles. The van der Waals surface area contributed by atoms with E-state index < -0.39 is 5.41 Å². The minimum absolute atomic E-state index is 0.0178. The van der Waals surface area contributed by atoms with Crippen LogP contribution in [-0.2, 0) is 16.2 Å². The summed E-state index contributed by atoms with van der Waals surface area (Å²) in [5.41, 5.74) is 21.2. The van der Waals surface area contributed by atoms with Crippen molar-refractivity contribution in [3.8, 4) is 33.4 Å². The zero-order valence-electron chi connectivity index (χ0n) is 39.2. The molecule has 1 nitrogen and oxygen atoms in total. The van der Waals surface area contributed by atoms with Crippen LogP contribution in [0.4, 0.5) is 17.1 Å². The van der Waals surface area contributed by atoms with Gasteiger partial charge in [-0.25, -0.2) is 0 Å². The van der Waals surface area contributed by atoms with E-state index in [4.69, 9.17) is 0 Å². The average Bonchev–Trinajstić information content (AvgIpc) is 3.80. The Kier molecular flexibility index (Phi) is 10.7. The summed E-state index contributed by atoms with van der Waals surface area (Å²) in [6.07, 6.45) is 4.57. The SMILES string of the molecule is CC(C)(C)c1ccc2c(c1)C1(c3cc(/C=C/c4ccc(N(c5ccccc5)c5ccccc5)cc4)ccc3-c3ccc(-c4ccc([Se]c5ccccc5)cc4)cc31)c1cc(C(C)(C)C)ccc1-2. The molecule has 0 fully saturated rings. The van der Waals surface area contributed by atoms with E-state index in [-0.39, 0.29) is 25.8 Å². The van der Waals surface area contributed by atoms with E-state index >= 15 is 0 Å². The number of para-hydroxylation sites is 2. The fourth-order valence-electron chi connectivity index (χ4n) is 10.3. The molecule has 0 aliphatic heterocycles. The van der Waals surface area contributed by atoms with Crippen molar-refractivity contribution in [2.45, 2.75) is 57.8 Å². The van der Waals surface area contributed by atoms with E-state index in [0.717, 1.165) is 22.6 Å². The Morgan fingerprint density at radius 2 is 0.761 bits per heavy atom. The van der Waals surface area contributed by atoms with Crippen molar-refractivity contribution in [1.82, 2.24) is 0 Å². The van der Waals surface area contributed by atoms with E-state index in [1.165, 1.54) is 81.2 Å². The molecule has 0 atom stereocenters. The molecule has 0 radical (unpaired) electrons. The second-order valence-electron chi connectivity index (χ2n) is 20.2. The number of hydrogen-bond acceptors (Lipinski definition) is 1. The molecule has 9 aromatic carbocycles. The number of fused-ring (bicyclic) bond motifs is 10. The van der Waals surface area contributed by atoms with Crippen molar-refractivity contribution in [3.63, 3.8) is 0 Å². The molecular weight excluding hydrogens is 874 g/mol. The normalized spacial score (nSPS) is 13.3. The van der Waals surface area contributed by atoms with Crippen molar-refractivity contribution >= 4 is 53.1 Å². The second kappa shape index (κ2) is 16.7. The van der Waals surface area contributed by atoms with E-state index in [2.05, 4.69) is 271 Å². The monoisotopic (exact) mass is 929 g/mol. The molecule has 1 spiro atoms. The fourth-order valence-corrected chi connectivity index (χ4v) is 12.1. The van der Waals surface area contributed by atoms with Gasteiger partial charge in [-0.15, -0.1) is 0 Å². The molecule has 2 aliphatic rings. The summed E-state index contributed by atoms with van der Waals surface area (Å²) in [5.74, 6) is 0. The van der Waals surface area contributed by atoms with Crippen molar-refractivity contribution in [3.05, 3.63) is 257 Å². The van der Waals surface area contributed by atoms with Gasteiger partial charge >= 0.3 is 246 Å². The number of hydrogen-bond donors (Lipinski definition) is 0. The Morgan fingerprint density at radius 3 is 1.30 bits per heavy atom. The Morgan fingerprint density at radius 1 is 0.358 bits per heavy atom. The van der Waals surface area contributed by atoms with E-state index in [1.54, 1.807) is 0 Å². The van der Waals surface area contributed by atoms with Gasteiger partial charge in [-0.1, -0.05) is 96.1 Å². The molecule has 0 aromatic heterocycles. The van der Waals surface area contributed by atoms with Crippen molar-refractivity contribution in [1.29, 1.82) is 0 Å². The topological polar surface area (TPSA) is 3.24 Å². The van der Waals surface area contributed by atoms with Gasteiger partial charge in [-0.05, 0) is 42.0 Å². The third-order valence-electron chi connectivity index (χ3n) is 13.8. The summed E-state index contributed by atoms with van der Waals surface area (Å²) < 4.78 is 2.78. The Hall–Kier alpha value is -6.96. The van der Waals surface area contributed by atoms with Crippen LogP contribution in [0.15, 0.2) is 212 Å². The van der Waals surface area contributed by atoms with Crippen LogP contribution in [-0.4, -0.2) is 15.0 Å². The van der Waals surface area contributed by atoms with Crippen molar-refractivity contribution in [2.24, 2.45) is 0 Å². The second-order valence-corrected chi connectivity index (χ2v) is 22.6. The van der Waals surface area contributed by atoms with E-state index in [0.29, 0.717) is 0 Å². The summed E-state index contributed by atoms with van der Waals surface area (Å²) >= 11 is 0.262. The predicted octanol–water partition coefficient (Wildman–Crippen LogP) is 15.6. The number of anilines is 3.